The van der Waals surface area contributed by atoms with E-state index in [0.29, 0.717) is 49.0 Å². The number of hydrogen-bond acceptors (Lipinski definition) is 9. The Morgan fingerprint density at radius 3 is 1.64 bits per heavy atom. The van der Waals surface area contributed by atoms with E-state index in [-0.39, 0.29) is 35.9 Å². The van der Waals surface area contributed by atoms with Crippen molar-refractivity contribution in [3.05, 3.63) is 0 Å². The molecule has 1 amide bonds. The van der Waals surface area contributed by atoms with Crippen LogP contribution in [0.3, 0.4) is 0 Å². The number of ether oxygens (including phenoxy) is 4. The standard InChI is InChI=1S/C35H55NO9/c1-19-7-9-25-21(3)27(38-30-34(25)23(19)13-16-32(5,40-30)42-44-34)11-12-29(37)36-18-15-28-22(4)26-10-8-20(2)24-14-17-33(6)41-31(39-28)35(24,26)45-43-33/h19-28,30-31H,7-18H2,1-6H3,(H,36,37)/t19-,20-,21-,22-,23+,24+,25+,26+,27-,28-,30+,31+,32-,33-,34-,35-/m1/s1. The molecule has 2 saturated carbocycles. The third kappa shape index (κ3) is 4.74. The number of amides is 1. The van der Waals surface area contributed by atoms with Crippen molar-refractivity contribution in [2.45, 2.75) is 160 Å². The Morgan fingerprint density at radius 2 is 1.13 bits per heavy atom. The van der Waals surface area contributed by atoms with E-state index in [9.17, 15) is 4.79 Å². The molecule has 10 nitrogen and oxygen atoms in total. The fourth-order valence-electron chi connectivity index (χ4n) is 11.3. The van der Waals surface area contributed by atoms with E-state index in [1.807, 2.05) is 13.8 Å². The van der Waals surface area contributed by atoms with Crippen molar-refractivity contribution in [1.82, 2.24) is 5.32 Å². The first-order valence-corrected chi connectivity index (χ1v) is 18.1. The molecule has 16 atom stereocenters. The molecule has 0 aromatic heterocycles. The summed E-state index contributed by atoms with van der Waals surface area (Å²) in [7, 11) is 0. The molecule has 10 aliphatic rings. The van der Waals surface area contributed by atoms with E-state index in [4.69, 9.17) is 38.5 Å². The Hall–Kier alpha value is -0.850. The molecule has 2 spiro atoms. The summed E-state index contributed by atoms with van der Waals surface area (Å²) in [5, 5.41) is 3.19. The molecular formula is C35H55NO9. The van der Waals surface area contributed by atoms with Crippen LogP contribution in [0.5, 0.6) is 0 Å². The average molecular weight is 634 g/mol. The largest absolute Gasteiger partial charge is 0.356 e. The van der Waals surface area contributed by atoms with Crippen LogP contribution in [0, 0.1) is 47.3 Å². The minimum atomic E-state index is -0.785. The molecule has 0 radical (unpaired) electrons. The third-order valence-electron chi connectivity index (χ3n) is 14.0. The van der Waals surface area contributed by atoms with Gasteiger partial charge in [0.25, 0.3) is 0 Å². The zero-order valence-corrected chi connectivity index (χ0v) is 28.1. The van der Waals surface area contributed by atoms with Crippen LogP contribution in [0.1, 0.15) is 112 Å². The van der Waals surface area contributed by atoms with Crippen molar-refractivity contribution in [2.24, 2.45) is 47.3 Å². The van der Waals surface area contributed by atoms with Gasteiger partial charge in [-0.3, -0.25) is 4.79 Å². The first-order valence-electron chi connectivity index (χ1n) is 18.1. The van der Waals surface area contributed by atoms with Crippen LogP contribution in [0.2, 0.25) is 0 Å². The number of rotatable bonds is 6. The number of hydrogen-bond donors (Lipinski definition) is 1. The summed E-state index contributed by atoms with van der Waals surface area (Å²) in [6, 6.07) is 0. The maximum atomic E-state index is 13.2. The van der Waals surface area contributed by atoms with Crippen molar-refractivity contribution in [3.63, 3.8) is 0 Å². The number of carbonyl (C=O) groups excluding carboxylic acids is 1. The molecule has 0 aromatic carbocycles. The van der Waals surface area contributed by atoms with Gasteiger partial charge in [0, 0.05) is 37.6 Å². The lowest BCUT2D eigenvalue weighted by Gasteiger charge is -2.60. The van der Waals surface area contributed by atoms with Crippen LogP contribution in [0.25, 0.3) is 0 Å². The Kier molecular flexibility index (Phi) is 7.74. The van der Waals surface area contributed by atoms with Crippen molar-refractivity contribution < 1.29 is 43.3 Å². The summed E-state index contributed by atoms with van der Waals surface area (Å²) in [5.74, 6) is 1.37. The monoisotopic (exact) mass is 633 g/mol. The first kappa shape index (κ1) is 31.4. The molecule has 45 heavy (non-hydrogen) atoms. The van der Waals surface area contributed by atoms with Gasteiger partial charge in [-0.15, -0.1) is 0 Å². The summed E-state index contributed by atoms with van der Waals surface area (Å²) in [6.07, 6.45) is 8.98. The van der Waals surface area contributed by atoms with Crippen LogP contribution in [-0.2, 0) is 43.3 Å². The fourth-order valence-corrected chi connectivity index (χ4v) is 11.3. The zero-order chi connectivity index (χ0) is 31.4. The molecule has 8 aliphatic heterocycles. The SMILES string of the molecule is C[C@H]1[C@@H](CCNC(=O)CC[C@H]2O[C@H]3O[C@@]4(C)CC[C@H]5[C@H](C)CC[C@@H]([C@H]2C)[C@@]35OO4)O[C@H]2O[C@@]3(C)CC[C@H]4[C@H](C)CC[C@@H]1[C@@]24OO3. The fraction of sp³-hybridized carbons (Fsp3) is 0.971. The molecule has 10 rings (SSSR count). The van der Waals surface area contributed by atoms with Crippen LogP contribution in [0.15, 0.2) is 0 Å². The van der Waals surface area contributed by atoms with E-state index in [0.717, 1.165) is 44.9 Å². The van der Waals surface area contributed by atoms with Gasteiger partial charge < -0.3 is 24.3 Å². The Bertz CT molecular complexity index is 1160. The van der Waals surface area contributed by atoms with Gasteiger partial charge >= 0.3 is 0 Å². The van der Waals surface area contributed by atoms with E-state index < -0.39 is 35.4 Å². The third-order valence-corrected chi connectivity index (χ3v) is 14.0. The van der Waals surface area contributed by atoms with Gasteiger partial charge in [-0.1, -0.05) is 27.7 Å². The Morgan fingerprint density at radius 1 is 0.644 bits per heavy atom. The second-order valence-electron chi connectivity index (χ2n) is 16.6. The maximum absolute atomic E-state index is 13.2. The lowest BCUT2D eigenvalue weighted by molar-refractivity contribution is -0.571. The van der Waals surface area contributed by atoms with Gasteiger partial charge in [0.2, 0.25) is 17.5 Å². The van der Waals surface area contributed by atoms with E-state index in [1.165, 1.54) is 12.8 Å². The van der Waals surface area contributed by atoms with Crippen molar-refractivity contribution in [3.8, 4) is 0 Å². The second-order valence-corrected chi connectivity index (χ2v) is 16.6. The highest BCUT2D eigenvalue weighted by atomic mass is 17.3. The highest BCUT2D eigenvalue weighted by Gasteiger charge is 2.70. The highest BCUT2D eigenvalue weighted by molar-refractivity contribution is 5.75. The predicted octanol–water partition coefficient (Wildman–Crippen LogP) is 5.77. The number of nitrogens with one attached hydrogen (secondary N) is 1. The molecule has 2 aliphatic carbocycles. The van der Waals surface area contributed by atoms with Crippen LogP contribution < -0.4 is 5.32 Å². The molecule has 254 valence electrons. The van der Waals surface area contributed by atoms with E-state index in [1.54, 1.807) is 0 Å². The summed E-state index contributed by atoms with van der Waals surface area (Å²) in [5.41, 5.74) is -1.11. The van der Waals surface area contributed by atoms with Gasteiger partial charge in [-0.2, -0.15) is 0 Å². The van der Waals surface area contributed by atoms with Gasteiger partial charge in [-0.25, -0.2) is 19.6 Å². The summed E-state index contributed by atoms with van der Waals surface area (Å²) < 4.78 is 26.4. The topological polar surface area (TPSA) is 103 Å². The Labute approximate surface area is 268 Å². The second kappa shape index (κ2) is 11.1. The quantitative estimate of drug-likeness (QED) is 0.365. The molecular weight excluding hydrogens is 578 g/mol. The smallest absolute Gasteiger partial charge is 0.220 e. The molecule has 0 unspecified atom stereocenters. The van der Waals surface area contributed by atoms with Crippen LogP contribution in [-0.4, -0.2) is 60.0 Å². The van der Waals surface area contributed by atoms with Crippen molar-refractivity contribution in [2.75, 3.05) is 6.54 Å². The van der Waals surface area contributed by atoms with Gasteiger partial charge in [0.05, 0.1) is 12.2 Å². The molecule has 1 N–H and O–H groups in total. The highest BCUT2D eigenvalue weighted by Crippen LogP contribution is 2.62. The summed E-state index contributed by atoms with van der Waals surface area (Å²) in [4.78, 5) is 37.6. The lowest BCUT2D eigenvalue weighted by Crippen LogP contribution is -2.70. The number of fused-ring (bicyclic) bond motifs is 4. The van der Waals surface area contributed by atoms with Crippen molar-refractivity contribution in [1.29, 1.82) is 0 Å². The molecule has 8 heterocycles. The minimum Gasteiger partial charge on any atom is -0.356 e. The normalized spacial score (nSPS) is 56.5. The summed E-state index contributed by atoms with van der Waals surface area (Å²) in [6.45, 7) is 13.7. The van der Waals surface area contributed by atoms with Crippen LogP contribution in [0.4, 0.5) is 0 Å². The van der Waals surface area contributed by atoms with E-state index in [2.05, 4.69) is 33.0 Å². The van der Waals surface area contributed by atoms with Crippen molar-refractivity contribution >= 4 is 5.91 Å². The molecule has 8 saturated heterocycles. The molecule has 4 bridgehead atoms. The molecule has 10 fully saturated rings. The lowest BCUT2D eigenvalue weighted by atomic mass is 9.57. The average Bonchev–Trinajstić information content (AvgIpc) is 3.38. The number of carbonyl (C=O) groups is 1. The van der Waals surface area contributed by atoms with Crippen LogP contribution >= 0.6 is 0 Å². The van der Waals surface area contributed by atoms with E-state index >= 15 is 0 Å². The molecule has 0 aromatic rings. The Balaban J connectivity index is 0.880. The molecule has 10 heteroatoms. The minimum absolute atomic E-state index is 0.0162. The van der Waals surface area contributed by atoms with Gasteiger partial charge in [0.1, 0.15) is 0 Å². The first-order chi connectivity index (χ1) is 21.5. The van der Waals surface area contributed by atoms with Gasteiger partial charge in [0.15, 0.2) is 23.8 Å². The van der Waals surface area contributed by atoms with Gasteiger partial charge in [-0.05, 0) is 101 Å². The predicted molar refractivity (Wildman–Crippen MR) is 161 cm³/mol. The zero-order valence-electron chi connectivity index (χ0n) is 28.1. The maximum Gasteiger partial charge on any atom is 0.220 e. The summed E-state index contributed by atoms with van der Waals surface area (Å²) >= 11 is 0.